The van der Waals surface area contributed by atoms with Crippen LogP contribution >= 0.6 is 0 Å². The van der Waals surface area contributed by atoms with Crippen molar-refractivity contribution in [3.8, 4) is 0 Å². The average molecular weight is 324 g/mol. The first-order chi connectivity index (χ1) is 9.64. The lowest BCUT2D eigenvalue weighted by molar-refractivity contribution is -0.117. The number of alkyl halides is 3. The van der Waals surface area contributed by atoms with Gasteiger partial charge in [-0.25, -0.2) is 8.42 Å². The van der Waals surface area contributed by atoms with Crippen LogP contribution in [0.3, 0.4) is 0 Å². The van der Waals surface area contributed by atoms with Crippen molar-refractivity contribution in [2.24, 2.45) is 5.73 Å². The summed E-state index contributed by atoms with van der Waals surface area (Å²) in [5, 5.41) is 2.79. The minimum Gasteiger partial charge on any atom is -0.369 e. The summed E-state index contributed by atoms with van der Waals surface area (Å²) in [5.74, 6) is -0.475. The largest absolute Gasteiger partial charge is 0.501 e. The lowest BCUT2D eigenvalue weighted by Gasteiger charge is -2.09. The van der Waals surface area contributed by atoms with E-state index in [9.17, 15) is 26.4 Å². The highest BCUT2D eigenvalue weighted by Crippen LogP contribution is 2.30. The molecule has 0 unspecified atom stereocenters. The van der Waals surface area contributed by atoms with E-state index >= 15 is 0 Å². The van der Waals surface area contributed by atoms with E-state index in [4.69, 9.17) is 5.73 Å². The summed E-state index contributed by atoms with van der Waals surface area (Å²) in [5.41, 5.74) is 0.335. The highest BCUT2D eigenvalue weighted by Gasteiger charge is 2.46. The van der Waals surface area contributed by atoms with Crippen LogP contribution in [0, 0.1) is 0 Å². The minimum atomic E-state index is -5.30. The molecule has 1 amide bonds. The molecule has 0 atom stereocenters. The molecule has 0 spiro atoms. The van der Waals surface area contributed by atoms with Gasteiger partial charge in [-0.15, -0.1) is 0 Å². The molecule has 0 aromatic heterocycles. The molecule has 1 rings (SSSR count). The van der Waals surface area contributed by atoms with E-state index in [2.05, 4.69) is 5.32 Å². The number of halogens is 3. The second-order valence-corrected chi connectivity index (χ2v) is 6.28. The van der Waals surface area contributed by atoms with Crippen molar-refractivity contribution in [2.45, 2.75) is 23.2 Å². The van der Waals surface area contributed by atoms with Crippen molar-refractivity contribution in [1.29, 1.82) is 0 Å². The number of aryl methyl sites for hydroxylation is 1. The SMILES string of the molecule is NC(=O)CNCCCc1ccc(S(=O)(=O)C(F)(F)F)cc1. The number of carbonyl (C=O) groups is 1. The van der Waals surface area contributed by atoms with Gasteiger partial charge in [-0.05, 0) is 37.1 Å². The van der Waals surface area contributed by atoms with Crippen LogP contribution in [0.4, 0.5) is 13.2 Å². The Bertz CT molecular complexity index is 583. The summed E-state index contributed by atoms with van der Waals surface area (Å²) in [6.07, 6.45) is 1.18. The van der Waals surface area contributed by atoms with Gasteiger partial charge in [0.25, 0.3) is 9.84 Å². The van der Waals surface area contributed by atoms with E-state index in [1.54, 1.807) is 0 Å². The van der Waals surface area contributed by atoms with E-state index in [-0.39, 0.29) is 6.54 Å². The van der Waals surface area contributed by atoms with Gasteiger partial charge in [0.1, 0.15) is 0 Å². The normalized spacial score (nSPS) is 12.3. The predicted octanol–water partition coefficient (Wildman–Crippen LogP) is 0.988. The average Bonchev–Trinajstić information content (AvgIpc) is 2.37. The summed E-state index contributed by atoms with van der Waals surface area (Å²) in [4.78, 5) is 9.68. The first-order valence-corrected chi connectivity index (χ1v) is 7.52. The molecule has 0 saturated heterocycles. The van der Waals surface area contributed by atoms with Crippen LogP contribution in [0.15, 0.2) is 29.2 Å². The van der Waals surface area contributed by atoms with Crippen molar-refractivity contribution < 1.29 is 26.4 Å². The monoisotopic (exact) mass is 324 g/mol. The van der Waals surface area contributed by atoms with E-state index in [0.717, 1.165) is 12.1 Å². The third-order valence-corrected chi connectivity index (χ3v) is 4.16. The first-order valence-electron chi connectivity index (χ1n) is 6.04. The van der Waals surface area contributed by atoms with Crippen LogP contribution in [0.25, 0.3) is 0 Å². The Morgan fingerprint density at radius 3 is 2.24 bits per heavy atom. The Hall–Kier alpha value is -1.61. The zero-order valence-corrected chi connectivity index (χ0v) is 11.8. The topological polar surface area (TPSA) is 89.3 Å². The van der Waals surface area contributed by atoms with Crippen molar-refractivity contribution in [3.05, 3.63) is 29.8 Å². The number of carbonyl (C=O) groups excluding carboxylic acids is 1. The number of benzene rings is 1. The number of primary amides is 1. The molecule has 0 heterocycles. The summed E-state index contributed by atoms with van der Waals surface area (Å²) in [7, 11) is -5.30. The second-order valence-electron chi connectivity index (χ2n) is 4.34. The molecule has 0 aliphatic heterocycles. The van der Waals surface area contributed by atoms with Crippen molar-refractivity contribution >= 4 is 15.7 Å². The molecular formula is C12H15F3N2O3S. The van der Waals surface area contributed by atoms with Crippen LogP contribution < -0.4 is 11.1 Å². The lowest BCUT2D eigenvalue weighted by atomic mass is 10.1. The first kappa shape index (κ1) is 17.4. The third kappa shape index (κ3) is 5.01. The molecule has 21 heavy (non-hydrogen) atoms. The Balaban J connectivity index is 2.57. The predicted molar refractivity (Wildman–Crippen MR) is 70.1 cm³/mol. The van der Waals surface area contributed by atoms with Gasteiger partial charge >= 0.3 is 5.51 Å². The maximum Gasteiger partial charge on any atom is 0.501 e. The number of hydrogen-bond donors (Lipinski definition) is 2. The molecule has 0 saturated carbocycles. The summed E-state index contributed by atoms with van der Waals surface area (Å²) < 4.78 is 59.3. The molecule has 1 aromatic carbocycles. The van der Waals surface area contributed by atoms with E-state index in [1.807, 2.05) is 0 Å². The Kier molecular flexibility index (Phi) is 5.73. The van der Waals surface area contributed by atoms with Gasteiger partial charge in [-0.3, -0.25) is 4.79 Å². The van der Waals surface area contributed by atoms with Crippen LogP contribution in [0.5, 0.6) is 0 Å². The van der Waals surface area contributed by atoms with Crippen LogP contribution in [0.1, 0.15) is 12.0 Å². The summed E-state index contributed by atoms with van der Waals surface area (Å²) >= 11 is 0. The fourth-order valence-electron chi connectivity index (χ4n) is 1.60. The van der Waals surface area contributed by atoms with Crippen LogP contribution in [-0.2, 0) is 21.1 Å². The van der Waals surface area contributed by atoms with Gasteiger partial charge in [0.05, 0.1) is 11.4 Å². The number of sulfone groups is 1. The van der Waals surface area contributed by atoms with Gasteiger partial charge < -0.3 is 11.1 Å². The van der Waals surface area contributed by atoms with Crippen LogP contribution in [-0.4, -0.2) is 32.9 Å². The molecule has 3 N–H and O–H groups in total. The molecule has 0 radical (unpaired) electrons. The molecular weight excluding hydrogens is 309 g/mol. The van der Waals surface area contributed by atoms with E-state index in [0.29, 0.717) is 24.9 Å². The molecule has 0 aliphatic rings. The number of nitrogens with one attached hydrogen (secondary N) is 1. The summed E-state index contributed by atoms with van der Waals surface area (Å²) in [6, 6.07) is 4.56. The van der Waals surface area contributed by atoms with Gasteiger partial charge in [0, 0.05) is 0 Å². The van der Waals surface area contributed by atoms with Crippen molar-refractivity contribution in [1.82, 2.24) is 5.32 Å². The molecule has 0 fully saturated rings. The van der Waals surface area contributed by atoms with Crippen molar-refractivity contribution in [2.75, 3.05) is 13.1 Å². The zero-order chi connectivity index (χ0) is 16.1. The van der Waals surface area contributed by atoms with Gasteiger partial charge in [0.15, 0.2) is 0 Å². The number of hydrogen-bond acceptors (Lipinski definition) is 4. The maximum atomic E-state index is 12.3. The van der Waals surface area contributed by atoms with E-state index < -0.39 is 26.1 Å². The quantitative estimate of drug-likeness (QED) is 0.732. The van der Waals surface area contributed by atoms with Crippen LogP contribution in [0.2, 0.25) is 0 Å². The Morgan fingerprint density at radius 1 is 1.19 bits per heavy atom. The fourth-order valence-corrected chi connectivity index (χ4v) is 2.36. The Labute approximate surface area is 120 Å². The van der Waals surface area contributed by atoms with Crippen molar-refractivity contribution in [3.63, 3.8) is 0 Å². The number of amides is 1. The highest BCUT2D eigenvalue weighted by molar-refractivity contribution is 7.92. The molecule has 5 nitrogen and oxygen atoms in total. The molecule has 0 aliphatic carbocycles. The lowest BCUT2D eigenvalue weighted by Crippen LogP contribution is -2.29. The molecule has 118 valence electrons. The Morgan fingerprint density at radius 2 is 1.76 bits per heavy atom. The maximum absolute atomic E-state index is 12.3. The van der Waals surface area contributed by atoms with Gasteiger partial charge in [-0.1, -0.05) is 12.1 Å². The van der Waals surface area contributed by atoms with E-state index in [1.165, 1.54) is 12.1 Å². The summed E-state index contributed by atoms with van der Waals surface area (Å²) in [6.45, 7) is 0.578. The zero-order valence-electron chi connectivity index (χ0n) is 11.0. The fraction of sp³-hybridized carbons (Fsp3) is 0.417. The molecule has 0 bridgehead atoms. The minimum absolute atomic E-state index is 0.0583. The molecule has 9 heteroatoms. The van der Waals surface area contributed by atoms with Gasteiger partial charge in [0.2, 0.25) is 5.91 Å². The second kappa shape index (κ2) is 6.90. The third-order valence-electron chi connectivity index (χ3n) is 2.66. The van der Waals surface area contributed by atoms with Gasteiger partial charge in [-0.2, -0.15) is 13.2 Å². The molecule has 1 aromatic rings. The standard InChI is InChI=1S/C12H15F3N2O3S/c13-12(14,15)21(19,20)10-5-3-9(4-6-10)2-1-7-17-8-11(16)18/h3-6,17H,1-2,7-8H2,(H2,16,18). The smallest absolute Gasteiger partial charge is 0.369 e. The highest BCUT2D eigenvalue weighted by atomic mass is 32.2. The number of rotatable bonds is 7. The number of nitrogens with two attached hydrogens (primary N) is 1.